The zero-order valence-corrected chi connectivity index (χ0v) is 12.8. The summed E-state index contributed by atoms with van der Waals surface area (Å²) in [6.45, 7) is 2.10. The third-order valence-electron chi connectivity index (χ3n) is 3.38. The topological polar surface area (TPSA) is 39.7 Å². The van der Waals surface area contributed by atoms with Gasteiger partial charge in [-0.2, -0.15) is 0 Å². The number of methoxy groups -OCH3 is 3. The molecule has 0 spiro atoms. The number of ether oxygens (including phenoxy) is 3. The Morgan fingerprint density at radius 1 is 0.810 bits per heavy atom. The highest BCUT2D eigenvalue weighted by molar-refractivity contribution is 5.50. The first-order valence-corrected chi connectivity index (χ1v) is 6.80. The van der Waals surface area contributed by atoms with Crippen molar-refractivity contribution in [2.45, 2.75) is 13.0 Å². The van der Waals surface area contributed by atoms with E-state index in [1.165, 1.54) is 0 Å². The Balaban J connectivity index is 2.13. The van der Waals surface area contributed by atoms with Crippen LogP contribution in [0.15, 0.2) is 42.5 Å². The van der Waals surface area contributed by atoms with Crippen LogP contribution >= 0.6 is 0 Å². The molecule has 0 aliphatic rings. The van der Waals surface area contributed by atoms with Gasteiger partial charge >= 0.3 is 0 Å². The first-order valence-electron chi connectivity index (χ1n) is 6.80. The zero-order valence-electron chi connectivity index (χ0n) is 12.8. The average Bonchev–Trinajstić information content (AvgIpc) is 2.54. The van der Waals surface area contributed by atoms with E-state index in [9.17, 15) is 0 Å². The number of hydrogen-bond acceptors (Lipinski definition) is 4. The molecule has 0 heterocycles. The first-order chi connectivity index (χ1) is 10.2. The van der Waals surface area contributed by atoms with Gasteiger partial charge in [0, 0.05) is 11.7 Å². The second kappa shape index (κ2) is 6.88. The largest absolute Gasteiger partial charge is 0.497 e. The fourth-order valence-electron chi connectivity index (χ4n) is 2.14. The molecule has 21 heavy (non-hydrogen) atoms. The molecule has 2 rings (SSSR count). The van der Waals surface area contributed by atoms with E-state index in [1.807, 2.05) is 42.5 Å². The van der Waals surface area contributed by atoms with E-state index in [4.69, 9.17) is 14.2 Å². The van der Waals surface area contributed by atoms with Crippen LogP contribution in [0.5, 0.6) is 17.2 Å². The molecule has 4 heteroatoms. The molecule has 0 radical (unpaired) electrons. The summed E-state index contributed by atoms with van der Waals surface area (Å²) in [7, 11) is 4.94. The van der Waals surface area contributed by atoms with Gasteiger partial charge in [0.15, 0.2) is 11.5 Å². The summed E-state index contributed by atoms with van der Waals surface area (Å²) in [5.74, 6) is 2.32. The van der Waals surface area contributed by atoms with Gasteiger partial charge in [0.05, 0.1) is 21.3 Å². The second-order valence-electron chi connectivity index (χ2n) is 4.71. The van der Waals surface area contributed by atoms with Crippen molar-refractivity contribution in [1.82, 2.24) is 0 Å². The minimum atomic E-state index is 0.151. The monoisotopic (exact) mass is 287 g/mol. The van der Waals surface area contributed by atoms with Crippen LogP contribution in [0, 0.1) is 0 Å². The molecule has 0 aliphatic heterocycles. The van der Waals surface area contributed by atoms with Gasteiger partial charge in [-0.15, -0.1) is 0 Å². The van der Waals surface area contributed by atoms with Crippen molar-refractivity contribution in [3.8, 4) is 17.2 Å². The van der Waals surface area contributed by atoms with E-state index in [2.05, 4.69) is 12.2 Å². The lowest BCUT2D eigenvalue weighted by atomic mass is 10.1. The third-order valence-corrected chi connectivity index (χ3v) is 3.38. The average molecular weight is 287 g/mol. The minimum Gasteiger partial charge on any atom is -0.497 e. The molecule has 1 N–H and O–H groups in total. The van der Waals surface area contributed by atoms with Crippen molar-refractivity contribution >= 4 is 5.69 Å². The zero-order chi connectivity index (χ0) is 15.2. The molecule has 1 atom stereocenters. The van der Waals surface area contributed by atoms with Crippen LogP contribution in [0.25, 0.3) is 0 Å². The molecule has 0 bridgehead atoms. The van der Waals surface area contributed by atoms with Crippen molar-refractivity contribution < 1.29 is 14.2 Å². The smallest absolute Gasteiger partial charge is 0.161 e. The van der Waals surface area contributed by atoms with E-state index < -0.39 is 0 Å². The first kappa shape index (κ1) is 15.0. The fourth-order valence-corrected chi connectivity index (χ4v) is 2.14. The van der Waals surface area contributed by atoms with Gasteiger partial charge < -0.3 is 19.5 Å². The lowest BCUT2D eigenvalue weighted by Gasteiger charge is -2.17. The quantitative estimate of drug-likeness (QED) is 0.875. The molecular formula is C17H21NO3. The molecule has 0 saturated carbocycles. The molecule has 2 aromatic rings. The lowest BCUT2D eigenvalue weighted by Crippen LogP contribution is -2.07. The highest BCUT2D eigenvalue weighted by Crippen LogP contribution is 2.31. The Hall–Kier alpha value is -2.36. The second-order valence-corrected chi connectivity index (χ2v) is 4.71. The van der Waals surface area contributed by atoms with Gasteiger partial charge in [-0.1, -0.05) is 6.07 Å². The summed E-state index contributed by atoms with van der Waals surface area (Å²) in [6.07, 6.45) is 0. The van der Waals surface area contributed by atoms with Crippen molar-refractivity contribution in [3.63, 3.8) is 0 Å². The van der Waals surface area contributed by atoms with Crippen molar-refractivity contribution in [2.75, 3.05) is 26.6 Å². The SMILES string of the molecule is COc1ccc(NC(C)c2ccc(OC)c(OC)c2)cc1. The maximum Gasteiger partial charge on any atom is 0.161 e. The predicted molar refractivity (Wildman–Crippen MR) is 84.6 cm³/mol. The van der Waals surface area contributed by atoms with Gasteiger partial charge in [0.2, 0.25) is 0 Å². The maximum absolute atomic E-state index is 5.34. The van der Waals surface area contributed by atoms with E-state index in [-0.39, 0.29) is 6.04 Å². The van der Waals surface area contributed by atoms with Crippen molar-refractivity contribution in [2.24, 2.45) is 0 Å². The van der Waals surface area contributed by atoms with E-state index in [0.29, 0.717) is 0 Å². The van der Waals surface area contributed by atoms with Crippen LogP contribution in [-0.2, 0) is 0 Å². The van der Waals surface area contributed by atoms with E-state index in [0.717, 1.165) is 28.5 Å². The summed E-state index contributed by atoms with van der Waals surface area (Å²) in [5.41, 5.74) is 2.17. The van der Waals surface area contributed by atoms with Crippen LogP contribution in [0.3, 0.4) is 0 Å². The highest BCUT2D eigenvalue weighted by atomic mass is 16.5. The Labute approximate surface area is 125 Å². The Bertz CT molecular complexity index is 581. The maximum atomic E-state index is 5.34. The predicted octanol–water partition coefficient (Wildman–Crippen LogP) is 3.89. The van der Waals surface area contributed by atoms with Crippen molar-refractivity contribution in [3.05, 3.63) is 48.0 Å². The third kappa shape index (κ3) is 3.60. The molecule has 0 aliphatic carbocycles. The summed E-state index contributed by atoms with van der Waals surface area (Å²) < 4.78 is 15.8. The van der Waals surface area contributed by atoms with Crippen LogP contribution in [-0.4, -0.2) is 21.3 Å². The van der Waals surface area contributed by atoms with Crippen LogP contribution in [0.4, 0.5) is 5.69 Å². The summed E-state index contributed by atoms with van der Waals surface area (Å²) >= 11 is 0. The summed E-state index contributed by atoms with van der Waals surface area (Å²) in [5, 5.41) is 3.45. The Kier molecular flexibility index (Phi) is 4.93. The van der Waals surface area contributed by atoms with E-state index >= 15 is 0 Å². The summed E-state index contributed by atoms with van der Waals surface area (Å²) in [4.78, 5) is 0. The van der Waals surface area contributed by atoms with Crippen LogP contribution in [0.1, 0.15) is 18.5 Å². The van der Waals surface area contributed by atoms with Crippen LogP contribution < -0.4 is 19.5 Å². The van der Waals surface area contributed by atoms with E-state index in [1.54, 1.807) is 21.3 Å². The molecule has 0 saturated heterocycles. The standard InChI is InChI=1S/C17H21NO3/c1-12(18-14-6-8-15(19-2)9-7-14)13-5-10-16(20-3)17(11-13)21-4/h5-12,18H,1-4H3. The normalized spacial score (nSPS) is 11.6. The molecular weight excluding hydrogens is 266 g/mol. The number of benzene rings is 2. The summed E-state index contributed by atoms with van der Waals surface area (Å²) in [6, 6.07) is 13.9. The molecule has 112 valence electrons. The van der Waals surface area contributed by atoms with Crippen LogP contribution in [0.2, 0.25) is 0 Å². The Morgan fingerprint density at radius 2 is 1.48 bits per heavy atom. The van der Waals surface area contributed by atoms with Crippen molar-refractivity contribution in [1.29, 1.82) is 0 Å². The Morgan fingerprint density at radius 3 is 2.05 bits per heavy atom. The van der Waals surface area contributed by atoms with Gasteiger partial charge in [-0.05, 0) is 48.9 Å². The molecule has 1 unspecified atom stereocenters. The number of rotatable bonds is 6. The minimum absolute atomic E-state index is 0.151. The molecule has 4 nitrogen and oxygen atoms in total. The number of anilines is 1. The number of hydrogen-bond donors (Lipinski definition) is 1. The highest BCUT2D eigenvalue weighted by Gasteiger charge is 2.10. The van der Waals surface area contributed by atoms with Gasteiger partial charge in [0.25, 0.3) is 0 Å². The van der Waals surface area contributed by atoms with Gasteiger partial charge in [-0.3, -0.25) is 0 Å². The lowest BCUT2D eigenvalue weighted by molar-refractivity contribution is 0.354. The van der Waals surface area contributed by atoms with Gasteiger partial charge in [0.1, 0.15) is 5.75 Å². The molecule has 0 fully saturated rings. The molecule has 2 aromatic carbocycles. The fraction of sp³-hybridized carbons (Fsp3) is 0.294. The van der Waals surface area contributed by atoms with Gasteiger partial charge in [-0.25, -0.2) is 0 Å². The number of nitrogens with one attached hydrogen (secondary N) is 1. The molecule has 0 amide bonds. The molecule has 0 aromatic heterocycles.